The number of halogens is 1. The SMILES string of the molecule is Cn1c(CN2CCC(c3ccccc3F)CC2)nc2ncccc21. The van der Waals surface area contributed by atoms with E-state index in [1.165, 1.54) is 0 Å². The molecule has 4 rings (SSSR count). The van der Waals surface area contributed by atoms with Crippen molar-refractivity contribution < 1.29 is 4.39 Å². The van der Waals surface area contributed by atoms with Crippen LogP contribution in [0, 0.1) is 5.82 Å². The van der Waals surface area contributed by atoms with Gasteiger partial charge >= 0.3 is 0 Å². The third-order valence-corrected chi connectivity index (χ3v) is 5.05. The smallest absolute Gasteiger partial charge is 0.177 e. The first-order valence-corrected chi connectivity index (χ1v) is 8.45. The number of aryl methyl sites for hydroxylation is 1. The van der Waals surface area contributed by atoms with Crippen molar-refractivity contribution in [3.05, 3.63) is 59.8 Å². The molecule has 4 nitrogen and oxygen atoms in total. The van der Waals surface area contributed by atoms with Crippen LogP contribution in [0.5, 0.6) is 0 Å². The van der Waals surface area contributed by atoms with Gasteiger partial charge in [-0.05, 0) is 55.6 Å². The van der Waals surface area contributed by atoms with Gasteiger partial charge in [-0.3, -0.25) is 4.90 Å². The van der Waals surface area contributed by atoms with Crippen molar-refractivity contribution in [3.8, 4) is 0 Å². The summed E-state index contributed by atoms with van der Waals surface area (Å²) >= 11 is 0. The fraction of sp³-hybridized carbons (Fsp3) is 0.368. The van der Waals surface area contributed by atoms with Crippen molar-refractivity contribution in [2.75, 3.05) is 13.1 Å². The van der Waals surface area contributed by atoms with Crippen LogP contribution in [-0.4, -0.2) is 32.5 Å². The zero-order valence-electron chi connectivity index (χ0n) is 13.8. The van der Waals surface area contributed by atoms with Crippen LogP contribution < -0.4 is 0 Å². The summed E-state index contributed by atoms with van der Waals surface area (Å²) in [6.07, 6.45) is 3.76. The van der Waals surface area contributed by atoms with Gasteiger partial charge in [0.1, 0.15) is 11.6 Å². The van der Waals surface area contributed by atoms with Crippen LogP contribution in [0.25, 0.3) is 11.2 Å². The quantitative estimate of drug-likeness (QED) is 0.739. The van der Waals surface area contributed by atoms with E-state index in [0.717, 1.165) is 55.0 Å². The first kappa shape index (κ1) is 15.3. The highest BCUT2D eigenvalue weighted by molar-refractivity contribution is 5.71. The summed E-state index contributed by atoms with van der Waals surface area (Å²) < 4.78 is 16.1. The normalized spacial score (nSPS) is 16.8. The van der Waals surface area contributed by atoms with Gasteiger partial charge in [-0.2, -0.15) is 0 Å². The molecule has 0 aliphatic carbocycles. The average Bonchev–Trinajstić information content (AvgIpc) is 2.93. The second-order valence-corrected chi connectivity index (χ2v) is 6.51. The van der Waals surface area contributed by atoms with Crippen molar-refractivity contribution in [2.24, 2.45) is 7.05 Å². The van der Waals surface area contributed by atoms with E-state index in [-0.39, 0.29) is 5.82 Å². The molecule has 3 aromatic rings. The highest BCUT2D eigenvalue weighted by Gasteiger charge is 2.23. The number of imidazole rings is 1. The number of fused-ring (bicyclic) bond motifs is 1. The molecular formula is C19H21FN4. The fourth-order valence-corrected chi connectivity index (χ4v) is 3.62. The van der Waals surface area contributed by atoms with Gasteiger partial charge in [-0.15, -0.1) is 0 Å². The first-order chi connectivity index (χ1) is 11.7. The molecule has 0 spiro atoms. The van der Waals surface area contributed by atoms with Gasteiger partial charge < -0.3 is 4.57 Å². The third-order valence-electron chi connectivity index (χ3n) is 5.05. The molecule has 1 saturated heterocycles. The zero-order valence-corrected chi connectivity index (χ0v) is 13.8. The van der Waals surface area contributed by atoms with Gasteiger partial charge in [0.05, 0.1) is 12.1 Å². The Kier molecular flexibility index (Phi) is 4.02. The van der Waals surface area contributed by atoms with Crippen molar-refractivity contribution >= 4 is 11.2 Å². The molecule has 3 heterocycles. The van der Waals surface area contributed by atoms with E-state index < -0.39 is 0 Å². The summed E-state index contributed by atoms with van der Waals surface area (Å²) in [4.78, 5) is 11.4. The molecule has 124 valence electrons. The number of aromatic nitrogens is 3. The monoisotopic (exact) mass is 324 g/mol. The lowest BCUT2D eigenvalue weighted by molar-refractivity contribution is 0.197. The van der Waals surface area contributed by atoms with E-state index in [2.05, 4.69) is 19.4 Å². The van der Waals surface area contributed by atoms with Crippen molar-refractivity contribution in [2.45, 2.75) is 25.3 Å². The van der Waals surface area contributed by atoms with Crippen molar-refractivity contribution in [1.29, 1.82) is 0 Å². The van der Waals surface area contributed by atoms with Crippen molar-refractivity contribution in [3.63, 3.8) is 0 Å². The number of benzene rings is 1. The van der Waals surface area contributed by atoms with Gasteiger partial charge in [0.2, 0.25) is 0 Å². The van der Waals surface area contributed by atoms with E-state index in [0.29, 0.717) is 5.92 Å². The number of nitrogens with zero attached hydrogens (tertiary/aromatic N) is 4. The second-order valence-electron chi connectivity index (χ2n) is 6.51. The van der Waals surface area contributed by atoms with Gasteiger partial charge in [0.25, 0.3) is 0 Å². The molecule has 1 fully saturated rings. The lowest BCUT2D eigenvalue weighted by atomic mass is 9.89. The number of likely N-dealkylation sites (tertiary alicyclic amines) is 1. The summed E-state index contributed by atoms with van der Waals surface area (Å²) in [6, 6.07) is 11.2. The molecular weight excluding hydrogens is 303 g/mol. The molecule has 0 unspecified atom stereocenters. The number of piperidine rings is 1. The van der Waals surface area contributed by atoms with Gasteiger partial charge in [-0.1, -0.05) is 18.2 Å². The average molecular weight is 324 g/mol. The number of rotatable bonds is 3. The summed E-state index contributed by atoms with van der Waals surface area (Å²) in [5.41, 5.74) is 2.73. The Morgan fingerprint density at radius 3 is 2.67 bits per heavy atom. The summed E-state index contributed by atoms with van der Waals surface area (Å²) in [6.45, 7) is 2.75. The highest BCUT2D eigenvalue weighted by atomic mass is 19.1. The summed E-state index contributed by atoms with van der Waals surface area (Å²) in [5.74, 6) is 1.29. The molecule has 0 saturated carbocycles. The van der Waals surface area contributed by atoms with E-state index in [4.69, 9.17) is 0 Å². The van der Waals surface area contributed by atoms with E-state index in [9.17, 15) is 4.39 Å². The molecule has 0 bridgehead atoms. The second kappa shape index (κ2) is 6.32. The Hall–Kier alpha value is -2.27. The molecule has 2 aromatic heterocycles. The molecule has 5 heteroatoms. The van der Waals surface area contributed by atoms with Crippen LogP contribution in [0.1, 0.15) is 30.1 Å². The third kappa shape index (κ3) is 2.80. The number of pyridine rings is 1. The maximum atomic E-state index is 14.0. The predicted molar refractivity (Wildman–Crippen MR) is 92.2 cm³/mol. The number of hydrogen-bond donors (Lipinski definition) is 0. The van der Waals surface area contributed by atoms with Gasteiger partial charge in [-0.25, -0.2) is 14.4 Å². The molecule has 0 amide bonds. The highest BCUT2D eigenvalue weighted by Crippen LogP contribution is 2.30. The maximum Gasteiger partial charge on any atom is 0.177 e. The summed E-state index contributed by atoms with van der Waals surface area (Å²) in [7, 11) is 2.04. The molecule has 0 radical (unpaired) electrons. The van der Waals surface area contributed by atoms with Gasteiger partial charge in [0, 0.05) is 13.2 Å². The topological polar surface area (TPSA) is 34.0 Å². The van der Waals surface area contributed by atoms with Crippen LogP contribution >= 0.6 is 0 Å². The molecule has 24 heavy (non-hydrogen) atoms. The van der Waals surface area contributed by atoms with Crippen LogP contribution in [-0.2, 0) is 13.6 Å². The van der Waals surface area contributed by atoms with Crippen LogP contribution in [0.15, 0.2) is 42.6 Å². The van der Waals surface area contributed by atoms with Gasteiger partial charge in [0.15, 0.2) is 5.65 Å². The lowest BCUT2D eigenvalue weighted by Crippen LogP contribution is -2.33. The molecule has 1 aliphatic heterocycles. The minimum Gasteiger partial charge on any atom is -0.329 e. The Balaban J connectivity index is 1.44. The Labute approximate surface area is 141 Å². The fourth-order valence-electron chi connectivity index (χ4n) is 3.62. The number of hydrogen-bond acceptors (Lipinski definition) is 3. The van der Waals surface area contributed by atoms with E-state index in [1.54, 1.807) is 18.3 Å². The predicted octanol–water partition coefficient (Wildman–Crippen LogP) is 3.49. The van der Waals surface area contributed by atoms with Crippen LogP contribution in [0.4, 0.5) is 4.39 Å². The van der Waals surface area contributed by atoms with Crippen molar-refractivity contribution in [1.82, 2.24) is 19.4 Å². The Morgan fingerprint density at radius 2 is 1.92 bits per heavy atom. The summed E-state index contributed by atoms with van der Waals surface area (Å²) in [5, 5.41) is 0. The van der Waals surface area contributed by atoms with E-state index in [1.807, 2.05) is 31.3 Å². The van der Waals surface area contributed by atoms with Crippen LogP contribution in [0.2, 0.25) is 0 Å². The standard InChI is InChI=1S/C19H21FN4/c1-23-17-7-4-10-21-19(17)22-18(23)13-24-11-8-14(9-12-24)15-5-2-3-6-16(15)20/h2-7,10,14H,8-9,11-13H2,1H3. The molecule has 1 aromatic carbocycles. The first-order valence-electron chi connectivity index (χ1n) is 8.45. The Bertz CT molecular complexity index is 849. The molecule has 1 aliphatic rings. The molecule has 0 atom stereocenters. The molecule has 0 N–H and O–H groups in total. The largest absolute Gasteiger partial charge is 0.329 e. The van der Waals surface area contributed by atoms with Crippen LogP contribution in [0.3, 0.4) is 0 Å². The zero-order chi connectivity index (χ0) is 16.5. The minimum absolute atomic E-state index is 0.0719. The lowest BCUT2D eigenvalue weighted by Gasteiger charge is -2.32. The maximum absolute atomic E-state index is 14.0. The minimum atomic E-state index is -0.0719. The van der Waals surface area contributed by atoms with E-state index >= 15 is 0 Å². The Morgan fingerprint density at radius 1 is 1.12 bits per heavy atom.